The molecule has 450 valence electrons. The van der Waals surface area contributed by atoms with Gasteiger partial charge in [-0.1, -0.05) is 262 Å². The van der Waals surface area contributed by atoms with Crippen molar-refractivity contribution < 1.29 is 28.6 Å². The zero-order chi connectivity index (χ0) is 57.8. The maximum absolute atomic E-state index is 12.9. The highest BCUT2D eigenvalue weighted by atomic mass is 16.6. The molecular formula is C74H118O6. The van der Waals surface area contributed by atoms with Gasteiger partial charge in [0.15, 0.2) is 6.10 Å². The number of esters is 3. The Kier molecular flexibility index (Phi) is 62.4. The van der Waals surface area contributed by atoms with Crippen LogP contribution in [0, 0.1) is 0 Å². The lowest BCUT2D eigenvalue weighted by molar-refractivity contribution is -0.167. The van der Waals surface area contributed by atoms with Crippen molar-refractivity contribution in [2.45, 2.75) is 277 Å². The second-order valence-electron chi connectivity index (χ2n) is 20.9. The van der Waals surface area contributed by atoms with Crippen molar-refractivity contribution in [2.24, 2.45) is 0 Å². The standard InChI is InChI=1S/C74H118O6/c1-4-7-10-13-16-19-22-25-27-29-31-33-34-35-36-37-38-39-40-42-43-45-47-49-52-55-58-61-64-67-73(76)79-70-71(69-78-72(75)66-63-60-57-54-51-24-21-18-15-12-9-6-3)80-74(77)68-65-62-59-56-53-50-48-46-44-41-32-30-28-26-23-20-17-14-11-8-5-2/h7-8,10-11,16-21,25-28,31-33,35-36,38-39,41-43,47,49,71H,4-6,9,12-15,22-24,29-30,34,37,40,44-46,48,50-70H2,1-3H3/b10-7-,11-8-,19-16-,20-17-,21-18-,27-25-,28-26-,33-31-,36-35-,39-38-,41-32-,43-42-,49-47-. The van der Waals surface area contributed by atoms with Crippen LogP contribution in [0.1, 0.15) is 271 Å². The molecule has 1 unspecified atom stereocenters. The largest absolute Gasteiger partial charge is 0.462 e. The molecule has 6 nitrogen and oxygen atoms in total. The van der Waals surface area contributed by atoms with Gasteiger partial charge in [0.05, 0.1) is 0 Å². The molecule has 0 aliphatic heterocycles. The van der Waals surface area contributed by atoms with Crippen LogP contribution in [-0.4, -0.2) is 37.2 Å². The molecule has 0 bridgehead atoms. The number of ether oxygens (including phenoxy) is 3. The third-order valence-electron chi connectivity index (χ3n) is 13.2. The van der Waals surface area contributed by atoms with Crippen LogP contribution in [-0.2, 0) is 28.6 Å². The van der Waals surface area contributed by atoms with Gasteiger partial charge in [-0.2, -0.15) is 0 Å². The molecule has 0 N–H and O–H groups in total. The molecule has 0 saturated heterocycles. The minimum atomic E-state index is -0.805. The van der Waals surface area contributed by atoms with E-state index in [1.807, 2.05) is 0 Å². The molecule has 0 fully saturated rings. The summed E-state index contributed by atoms with van der Waals surface area (Å²) in [5.74, 6) is -0.945. The average molecular weight is 1100 g/mol. The van der Waals surface area contributed by atoms with E-state index in [1.54, 1.807) is 0 Å². The van der Waals surface area contributed by atoms with Crippen LogP contribution in [0.5, 0.6) is 0 Å². The van der Waals surface area contributed by atoms with E-state index >= 15 is 0 Å². The van der Waals surface area contributed by atoms with Crippen LogP contribution < -0.4 is 0 Å². The molecule has 0 aliphatic rings. The zero-order valence-electron chi connectivity index (χ0n) is 51.5. The zero-order valence-corrected chi connectivity index (χ0v) is 51.5. The number of hydrogen-bond acceptors (Lipinski definition) is 6. The predicted octanol–water partition coefficient (Wildman–Crippen LogP) is 22.5. The van der Waals surface area contributed by atoms with E-state index in [0.29, 0.717) is 19.3 Å². The maximum Gasteiger partial charge on any atom is 0.306 e. The fraction of sp³-hybridized carbons (Fsp3) is 0.608. The van der Waals surface area contributed by atoms with Gasteiger partial charge in [0.2, 0.25) is 0 Å². The third-order valence-corrected chi connectivity index (χ3v) is 13.2. The van der Waals surface area contributed by atoms with Crippen molar-refractivity contribution in [1.82, 2.24) is 0 Å². The highest BCUT2D eigenvalue weighted by molar-refractivity contribution is 5.71. The van der Waals surface area contributed by atoms with Crippen LogP contribution in [0.25, 0.3) is 0 Å². The Morgan fingerprint density at radius 1 is 0.263 bits per heavy atom. The molecule has 0 aromatic rings. The molecule has 1 atom stereocenters. The van der Waals surface area contributed by atoms with E-state index in [0.717, 1.165) is 167 Å². The maximum atomic E-state index is 12.9. The van der Waals surface area contributed by atoms with E-state index < -0.39 is 6.10 Å². The Morgan fingerprint density at radius 2 is 0.487 bits per heavy atom. The fourth-order valence-corrected chi connectivity index (χ4v) is 8.44. The number of rotatable bonds is 57. The number of carbonyl (C=O) groups excluding carboxylic acids is 3. The number of hydrogen-bond donors (Lipinski definition) is 0. The van der Waals surface area contributed by atoms with Crippen LogP contribution in [0.3, 0.4) is 0 Å². The summed E-state index contributed by atoms with van der Waals surface area (Å²) in [6.07, 6.45) is 96.7. The van der Waals surface area contributed by atoms with Crippen LogP contribution in [0.4, 0.5) is 0 Å². The lowest BCUT2D eigenvalue weighted by Gasteiger charge is -2.18. The van der Waals surface area contributed by atoms with Gasteiger partial charge < -0.3 is 14.2 Å². The van der Waals surface area contributed by atoms with Crippen LogP contribution in [0.2, 0.25) is 0 Å². The molecule has 0 heterocycles. The lowest BCUT2D eigenvalue weighted by Crippen LogP contribution is -2.30. The molecule has 0 spiro atoms. The van der Waals surface area contributed by atoms with Gasteiger partial charge in [0.1, 0.15) is 13.2 Å². The molecule has 80 heavy (non-hydrogen) atoms. The van der Waals surface area contributed by atoms with Gasteiger partial charge in [-0.25, -0.2) is 0 Å². The Morgan fingerprint density at radius 3 is 0.775 bits per heavy atom. The van der Waals surface area contributed by atoms with Crippen LogP contribution >= 0.6 is 0 Å². The van der Waals surface area contributed by atoms with E-state index in [9.17, 15) is 14.4 Å². The van der Waals surface area contributed by atoms with Gasteiger partial charge in [0.25, 0.3) is 0 Å². The first-order chi connectivity index (χ1) is 39.5. The summed E-state index contributed by atoms with van der Waals surface area (Å²) in [7, 11) is 0. The fourth-order valence-electron chi connectivity index (χ4n) is 8.44. The van der Waals surface area contributed by atoms with E-state index in [4.69, 9.17) is 14.2 Å². The number of unbranched alkanes of at least 4 members (excludes halogenated alkanes) is 20. The summed E-state index contributed by atoms with van der Waals surface area (Å²) in [5.41, 5.74) is 0. The van der Waals surface area contributed by atoms with Crippen molar-refractivity contribution in [3.8, 4) is 0 Å². The van der Waals surface area contributed by atoms with E-state index in [-0.39, 0.29) is 31.1 Å². The highest BCUT2D eigenvalue weighted by Crippen LogP contribution is 2.14. The van der Waals surface area contributed by atoms with Gasteiger partial charge in [-0.3, -0.25) is 14.4 Å². The SMILES string of the molecule is CC/C=C\C/C=C\C/C=C\C/C=C\C/C=C\C/C=C\C/C=C\C/C=C\CCCCCCC(=O)OCC(COC(=O)CCCCCCC/C=C\CCCCC)OC(=O)CCCCCCCCCC/C=C\C/C=C\C/C=C\C/C=C\CC. The second-order valence-corrected chi connectivity index (χ2v) is 20.9. The summed E-state index contributed by atoms with van der Waals surface area (Å²) in [5, 5.41) is 0. The Labute approximate surface area is 492 Å². The minimum Gasteiger partial charge on any atom is -0.462 e. The predicted molar refractivity (Wildman–Crippen MR) is 348 cm³/mol. The van der Waals surface area contributed by atoms with Gasteiger partial charge in [0, 0.05) is 19.3 Å². The highest BCUT2D eigenvalue weighted by Gasteiger charge is 2.19. The smallest absolute Gasteiger partial charge is 0.306 e. The molecule has 0 aromatic heterocycles. The van der Waals surface area contributed by atoms with Crippen molar-refractivity contribution in [3.63, 3.8) is 0 Å². The first kappa shape index (κ1) is 75.0. The third kappa shape index (κ3) is 63.9. The molecule has 0 saturated carbocycles. The Hall–Kier alpha value is -4.97. The van der Waals surface area contributed by atoms with Crippen molar-refractivity contribution in [1.29, 1.82) is 0 Å². The molecule has 0 aromatic carbocycles. The van der Waals surface area contributed by atoms with Gasteiger partial charge in [-0.15, -0.1) is 0 Å². The summed E-state index contributed by atoms with van der Waals surface area (Å²) in [6.45, 7) is 6.35. The lowest BCUT2D eigenvalue weighted by atomic mass is 10.1. The summed E-state index contributed by atoms with van der Waals surface area (Å²) in [6, 6.07) is 0. The molecular weight excluding hydrogens is 985 g/mol. The summed E-state index contributed by atoms with van der Waals surface area (Å²) < 4.78 is 16.9. The van der Waals surface area contributed by atoms with Crippen molar-refractivity contribution in [3.05, 3.63) is 158 Å². The van der Waals surface area contributed by atoms with E-state index in [2.05, 4.69) is 179 Å². The van der Waals surface area contributed by atoms with Crippen LogP contribution in [0.15, 0.2) is 158 Å². The first-order valence-corrected chi connectivity index (χ1v) is 32.5. The summed E-state index contributed by atoms with van der Waals surface area (Å²) in [4.78, 5) is 38.3. The molecule has 0 radical (unpaired) electrons. The number of carbonyl (C=O) groups is 3. The van der Waals surface area contributed by atoms with Crippen molar-refractivity contribution >= 4 is 17.9 Å². The van der Waals surface area contributed by atoms with Crippen molar-refractivity contribution in [2.75, 3.05) is 13.2 Å². The first-order valence-electron chi connectivity index (χ1n) is 32.5. The quantitative estimate of drug-likeness (QED) is 0.0261. The Bertz CT molecular complexity index is 1790. The molecule has 0 aliphatic carbocycles. The Balaban J connectivity index is 4.41. The molecule has 0 amide bonds. The molecule has 0 rings (SSSR count). The molecule has 6 heteroatoms. The average Bonchev–Trinajstić information content (AvgIpc) is 3.46. The second kappa shape index (κ2) is 66.5. The topological polar surface area (TPSA) is 78.9 Å². The van der Waals surface area contributed by atoms with E-state index in [1.165, 1.54) is 64.2 Å². The van der Waals surface area contributed by atoms with Gasteiger partial charge in [-0.05, 0) is 148 Å². The van der Waals surface area contributed by atoms with Gasteiger partial charge >= 0.3 is 17.9 Å². The summed E-state index contributed by atoms with van der Waals surface area (Å²) >= 11 is 0. The number of allylic oxidation sites excluding steroid dienone is 26. The minimum absolute atomic E-state index is 0.0997. The normalized spacial score (nSPS) is 13.2. The monoisotopic (exact) mass is 1100 g/mol.